The third-order valence-electron chi connectivity index (χ3n) is 1.45. The average molecular weight is 141 g/mol. The van der Waals surface area contributed by atoms with E-state index in [0.717, 1.165) is 12.8 Å². The molecule has 0 aliphatic carbocycles. The molecule has 0 aromatic rings. The molecule has 0 spiro atoms. The van der Waals surface area contributed by atoms with Gasteiger partial charge in [0.2, 0.25) is 0 Å². The number of rotatable bonds is 5. The monoisotopic (exact) mass is 141 g/mol. The predicted molar refractivity (Wildman–Crippen MR) is 44.8 cm³/mol. The SMILES string of the molecule is [B]CC(N)CC(N)CCN. The maximum atomic E-state index is 5.65. The van der Waals surface area contributed by atoms with Crippen LogP contribution in [0.5, 0.6) is 0 Å². The van der Waals surface area contributed by atoms with E-state index in [0.29, 0.717) is 12.9 Å². The van der Waals surface area contributed by atoms with Crippen LogP contribution in [0.4, 0.5) is 0 Å². The van der Waals surface area contributed by atoms with Crippen LogP contribution in [0.15, 0.2) is 0 Å². The van der Waals surface area contributed by atoms with Crippen molar-refractivity contribution in [3.63, 3.8) is 0 Å². The maximum Gasteiger partial charge on any atom is 0.0673 e. The van der Waals surface area contributed by atoms with Crippen LogP contribution in [-0.2, 0) is 0 Å². The summed E-state index contributed by atoms with van der Waals surface area (Å²) in [5.74, 6) is 0. The fourth-order valence-electron chi connectivity index (χ4n) is 0.817. The van der Waals surface area contributed by atoms with Gasteiger partial charge in [-0.1, -0.05) is 6.32 Å². The second-order valence-corrected chi connectivity index (χ2v) is 2.57. The summed E-state index contributed by atoms with van der Waals surface area (Å²) in [5.41, 5.74) is 16.5. The molecule has 0 aliphatic rings. The molecule has 3 nitrogen and oxygen atoms in total. The van der Waals surface area contributed by atoms with Crippen molar-refractivity contribution in [3.8, 4) is 0 Å². The van der Waals surface area contributed by atoms with E-state index in [9.17, 15) is 0 Å². The van der Waals surface area contributed by atoms with Gasteiger partial charge in [-0.2, -0.15) is 0 Å². The molecule has 6 N–H and O–H groups in total. The first kappa shape index (κ1) is 9.94. The third kappa shape index (κ3) is 4.79. The Morgan fingerprint density at radius 2 is 1.80 bits per heavy atom. The maximum absolute atomic E-state index is 5.65. The average Bonchev–Trinajstić information content (AvgIpc) is 1.88. The van der Waals surface area contributed by atoms with Crippen molar-refractivity contribution < 1.29 is 0 Å². The summed E-state index contributed by atoms with van der Waals surface area (Å²) >= 11 is 0. The molecule has 0 saturated heterocycles. The summed E-state index contributed by atoms with van der Waals surface area (Å²) in [6.07, 6.45) is 2.10. The summed E-state index contributed by atoms with van der Waals surface area (Å²) in [5, 5.41) is 0. The molecule has 0 bridgehead atoms. The lowest BCUT2D eigenvalue weighted by atomic mass is 9.93. The van der Waals surface area contributed by atoms with E-state index in [1.54, 1.807) is 0 Å². The summed E-state index contributed by atoms with van der Waals surface area (Å²) in [7, 11) is 5.30. The molecule has 0 fully saturated rings. The highest BCUT2D eigenvalue weighted by Gasteiger charge is 2.05. The van der Waals surface area contributed by atoms with E-state index in [4.69, 9.17) is 25.0 Å². The zero-order valence-electron chi connectivity index (χ0n) is 6.29. The normalized spacial score (nSPS) is 16.7. The third-order valence-corrected chi connectivity index (χ3v) is 1.45. The van der Waals surface area contributed by atoms with Gasteiger partial charge < -0.3 is 17.2 Å². The highest BCUT2D eigenvalue weighted by molar-refractivity contribution is 6.08. The second-order valence-electron chi connectivity index (χ2n) is 2.57. The highest BCUT2D eigenvalue weighted by Crippen LogP contribution is 1.98. The number of nitrogens with two attached hydrogens (primary N) is 3. The first-order chi connectivity index (χ1) is 4.70. The van der Waals surface area contributed by atoms with Crippen LogP contribution in [0.3, 0.4) is 0 Å². The van der Waals surface area contributed by atoms with Gasteiger partial charge in [-0.3, -0.25) is 0 Å². The van der Waals surface area contributed by atoms with E-state index in [1.165, 1.54) is 0 Å². The van der Waals surface area contributed by atoms with Crippen LogP contribution in [0.2, 0.25) is 6.32 Å². The lowest BCUT2D eigenvalue weighted by Crippen LogP contribution is -2.32. The second kappa shape index (κ2) is 5.71. The molecule has 0 heterocycles. The summed E-state index contributed by atoms with van der Waals surface area (Å²) in [6, 6.07) is 0.144. The standard InChI is InChI=1S/C6H16BN3/c7-4-6(10)3-5(9)1-2-8/h5-6H,1-4,8-10H2. The molecule has 10 heavy (non-hydrogen) atoms. The van der Waals surface area contributed by atoms with Crippen molar-refractivity contribution in [1.29, 1.82) is 0 Å². The Morgan fingerprint density at radius 3 is 2.20 bits per heavy atom. The van der Waals surface area contributed by atoms with Gasteiger partial charge in [0.25, 0.3) is 0 Å². The topological polar surface area (TPSA) is 78.1 Å². The van der Waals surface area contributed by atoms with Gasteiger partial charge in [0.05, 0.1) is 7.85 Å². The molecule has 0 rings (SSSR count). The van der Waals surface area contributed by atoms with Crippen LogP contribution in [-0.4, -0.2) is 26.5 Å². The fraction of sp³-hybridized carbons (Fsp3) is 1.00. The molecule has 0 aromatic carbocycles. The first-order valence-electron chi connectivity index (χ1n) is 3.62. The number of hydrogen-bond donors (Lipinski definition) is 3. The summed E-state index contributed by atoms with van der Waals surface area (Å²) in [4.78, 5) is 0. The van der Waals surface area contributed by atoms with E-state index < -0.39 is 0 Å². The predicted octanol–water partition coefficient (Wildman–Crippen LogP) is -1.03. The van der Waals surface area contributed by atoms with Crippen molar-refractivity contribution in [1.82, 2.24) is 0 Å². The molecule has 2 atom stereocenters. The molecular weight excluding hydrogens is 125 g/mol. The molecule has 0 aliphatic heterocycles. The van der Waals surface area contributed by atoms with Crippen molar-refractivity contribution in [2.24, 2.45) is 17.2 Å². The molecule has 0 saturated carbocycles. The van der Waals surface area contributed by atoms with Crippen LogP contribution in [0.25, 0.3) is 0 Å². The Labute approximate surface area is 63.7 Å². The first-order valence-corrected chi connectivity index (χ1v) is 3.62. The largest absolute Gasteiger partial charge is 0.330 e. The van der Waals surface area contributed by atoms with Gasteiger partial charge in [-0.25, -0.2) is 0 Å². The van der Waals surface area contributed by atoms with Gasteiger partial charge in [-0.15, -0.1) is 0 Å². The van der Waals surface area contributed by atoms with E-state index >= 15 is 0 Å². The van der Waals surface area contributed by atoms with Crippen LogP contribution in [0, 0.1) is 0 Å². The fourth-order valence-corrected chi connectivity index (χ4v) is 0.817. The van der Waals surface area contributed by atoms with Crippen molar-refractivity contribution in [2.45, 2.75) is 31.2 Å². The van der Waals surface area contributed by atoms with Crippen LogP contribution < -0.4 is 17.2 Å². The molecule has 0 amide bonds. The minimum Gasteiger partial charge on any atom is -0.330 e. The summed E-state index contributed by atoms with van der Waals surface area (Å²) < 4.78 is 0. The smallest absolute Gasteiger partial charge is 0.0673 e. The Balaban J connectivity index is 3.27. The molecule has 58 valence electrons. The van der Waals surface area contributed by atoms with Crippen LogP contribution >= 0.6 is 0 Å². The van der Waals surface area contributed by atoms with Crippen molar-refractivity contribution in [2.75, 3.05) is 6.54 Å². The van der Waals surface area contributed by atoms with Crippen molar-refractivity contribution in [3.05, 3.63) is 0 Å². The molecular formula is C6H16BN3. The van der Waals surface area contributed by atoms with Gasteiger partial charge in [-0.05, 0) is 25.4 Å². The number of hydrogen-bond acceptors (Lipinski definition) is 3. The lowest BCUT2D eigenvalue weighted by Gasteiger charge is -2.14. The Hall–Kier alpha value is -0.0551. The summed E-state index contributed by atoms with van der Waals surface area (Å²) in [6.45, 7) is 0.623. The van der Waals surface area contributed by atoms with E-state index in [1.807, 2.05) is 0 Å². The minimum atomic E-state index is 0.0292. The Morgan fingerprint density at radius 1 is 1.20 bits per heavy atom. The zero-order valence-corrected chi connectivity index (χ0v) is 6.29. The Bertz CT molecular complexity index is 79.4. The minimum absolute atomic E-state index is 0.0292. The van der Waals surface area contributed by atoms with E-state index in [-0.39, 0.29) is 12.1 Å². The molecule has 0 aromatic heterocycles. The molecule has 4 heteroatoms. The van der Waals surface area contributed by atoms with Gasteiger partial charge in [0.1, 0.15) is 0 Å². The molecule has 2 unspecified atom stereocenters. The zero-order chi connectivity index (χ0) is 7.98. The van der Waals surface area contributed by atoms with Gasteiger partial charge in [0.15, 0.2) is 0 Å². The van der Waals surface area contributed by atoms with E-state index in [2.05, 4.69) is 0 Å². The Kier molecular flexibility index (Phi) is 5.68. The van der Waals surface area contributed by atoms with Gasteiger partial charge >= 0.3 is 0 Å². The van der Waals surface area contributed by atoms with Crippen LogP contribution in [0.1, 0.15) is 12.8 Å². The molecule has 2 radical (unpaired) electrons. The lowest BCUT2D eigenvalue weighted by molar-refractivity contribution is 0.522. The van der Waals surface area contributed by atoms with Crippen molar-refractivity contribution >= 4 is 7.85 Å². The highest BCUT2D eigenvalue weighted by atomic mass is 14.7. The quantitative estimate of drug-likeness (QED) is 0.428. The van der Waals surface area contributed by atoms with Gasteiger partial charge in [0, 0.05) is 6.04 Å².